The van der Waals surface area contributed by atoms with Crippen LogP contribution in [0.4, 0.5) is 0 Å². The van der Waals surface area contributed by atoms with E-state index in [0.717, 1.165) is 10.4 Å². The standard InChI is InChI=1S/C29H30N2O4Si/c1-4-22-21-27(35-31-22)26(34-28(32)25-17-11-12-20-30-25)18-19-29(2,3)36(33,23-13-7-5-8-14-23)24-15-9-6-10-16-24/h1,5-17,20,26-27,33H,18-19,21H2,2-3H3/t26-,27+/m1/s1. The van der Waals surface area contributed by atoms with Crippen LogP contribution in [-0.4, -0.2) is 42.0 Å². The second-order valence-electron chi connectivity index (χ2n) is 9.55. The predicted molar refractivity (Wildman–Crippen MR) is 143 cm³/mol. The monoisotopic (exact) mass is 498 g/mol. The topological polar surface area (TPSA) is 81.0 Å². The number of esters is 1. The molecule has 0 unspecified atom stereocenters. The minimum absolute atomic E-state index is 0.220. The van der Waals surface area contributed by atoms with Gasteiger partial charge in [-0.3, -0.25) is 0 Å². The molecule has 0 amide bonds. The summed E-state index contributed by atoms with van der Waals surface area (Å²) in [5.41, 5.74) is 0.704. The fourth-order valence-corrected chi connectivity index (χ4v) is 8.43. The molecule has 0 bridgehead atoms. The molecule has 1 N–H and O–H groups in total. The molecule has 0 aliphatic carbocycles. The van der Waals surface area contributed by atoms with Gasteiger partial charge >= 0.3 is 5.97 Å². The maximum atomic E-state index is 12.9. The number of rotatable bonds is 9. The lowest BCUT2D eigenvalue weighted by Gasteiger charge is -2.42. The van der Waals surface area contributed by atoms with E-state index in [1.165, 1.54) is 0 Å². The Bertz CT molecular complexity index is 1200. The molecule has 1 aromatic heterocycles. The van der Waals surface area contributed by atoms with E-state index in [4.69, 9.17) is 16.0 Å². The molecule has 7 heteroatoms. The van der Waals surface area contributed by atoms with Crippen LogP contribution in [0.2, 0.25) is 5.04 Å². The molecule has 2 aromatic carbocycles. The van der Waals surface area contributed by atoms with Crippen LogP contribution >= 0.6 is 0 Å². The first-order valence-electron chi connectivity index (χ1n) is 12.0. The van der Waals surface area contributed by atoms with Crippen LogP contribution in [0.3, 0.4) is 0 Å². The molecule has 0 saturated heterocycles. The molecular formula is C29H30N2O4Si. The van der Waals surface area contributed by atoms with Gasteiger partial charge in [0.25, 0.3) is 8.32 Å². The predicted octanol–water partition coefficient (Wildman–Crippen LogP) is 3.70. The smallest absolute Gasteiger partial charge is 0.357 e. The zero-order valence-electron chi connectivity index (χ0n) is 20.5. The highest BCUT2D eigenvalue weighted by atomic mass is 28.4. The summed E-state index contributed by atoms with van der Waals surface area (Å²) in [5, 5.41) is 5.30. The Kier molecular flexibility index (Phi) is 7.68. The highest BCUT2D eigenvalue weighted by Crippen LogP contribution is 2.41. The van der Waals surface area contributed by atoms with E-state index in [2.05, 4.69) is 29.9 Å². The number of aromatic nitrogens is 1. The van der Waals surface area contributed by atoms with Crippen LogP contribution < -0.4 is 10.4 Å². The number of carbonyl (C=O) groups is 1. The molecule has 2 heterocycles. The Labute approximate surface area is 213 Å². The van der Waals surface area contributed by atoms with Gasteiger partial charge < -0.3 is 14.4 Å². The van der Waals surface area contributed by atoms with Crippen LogP contribution in [0.25, 0.3) is 0 Å². The molecule has 6 nitrogen and oxygen atoms in total. The molecular weight excluding hydrogens is 468 g/mol. The van der Waals surface area contributed by atoms with Gasteiger partial charge in [-0.05, 0) is 40.4 Å². The minimum Gasteiger partial charge on any atom is -0.454 e. The zero-order valence-corrected chi connectivity index (χ0v) is 21.5. The number of hydrogen-bond acceptors (Lipinski definition) is 6. The molecule has 184 valence electrons. The van der Waals surface area contributed by atoms with Crippen LogP contribution in [0.5, 0.6) is 0 Å². The number of hydrogen-bond donors (Lipinski definition) is 1. The van der Waals surface area contributed by atoms with Crippen molar-refractivity contribution in [2.75, 3.05) is 0 Å². The molecule has 1 aliphatic rings. The zero-order chi connectivity index (χ0) is 25.6. The third kappa shape index (κ3) is 5.25. The molecule has 0 fully saturated rings. The van der Waals surface area contributed by atoms with Gasteiger partial charge in [0.15, 0.2) is 6.10 Å². The first-order chi connectivity index (χ1) is 17.3. The summed E-state index contributed by atoms with van der Waals surface area (Å²) >= 11 is 0. The summed E-state index contributed by atoms with van der Waals surface area (Å²) in [4.78, 5) is 35.0. The molecule has 4 rings (SSSR count). The van der Waals surface area contributed by atoms with E-state index in [1.54, 1.807) is 24.4 Å². The Hall–Kier alpha value is -3.73. The van der Waals surface area contributed by atoms with E-state index in [-0.39, 0.29) is 5.69 Å². The van der Waals surface area contributed by atoms with Crippen molar-refractivity contribution in [1.82, 2.24) is 4.98 Å². The third-order valence-corrected chi connectivity index (χ3v) is 11.4. The van der Waals surface area contributed by atoms with E-state index < -0.39 is 31.5 Å². The van der Waals surface area contributed by atoms with Crippen LogP contribution in [0.15, 0.2) is 90.2 Å². The van der Waals surface area contributed by atoms with Crippen LogP contribution in [0, 0.1) is 12.3 Å². The van der Waals surface area contributed by atoms with Gasteiger partial charge in [-0.25, -0.2) is 9.78 Å². The second-order valence-corrected chi connectivity index (χ2v) is 13.5. The van der Waals surface area contributed by atoms with Crippen molar-refractivity contribution < 1.29 is 19.2 Å². The summed E-state index contributed by atoms with van der Waals surface area (Å²) in [5.74, 6) is 1.98. The fourth-order valence-electron chi connectivity index (χ4n) is 4.67. The second kappa shape index (κ2) is 10.9. The van der Waals surface area contributed by atoms with Crippen molar-refractivity contribution in [2.45, 2.75) is 50.4 Å². The molecule has 2 atom stereocenters. The summed E-state index contributed by atoms with van der Waals surface area (Å²) in [6.45, 7) is 4.16. The van der Waals surface area contributed by atoms with Gasteiger partial charge in [0.2, 0.25) is 0 Å². The number of oxime groups is 1. The Balaban J connectivity index is 1.61. The molecule has 3 aromatic rings. The fraction of sp³-hybridized carbons (Fsp3) is 0.276. The van der Waals surface area contributed by atoms with Crippen molar-refractivity contribution >= 4 is 30.4 Å². The average molecular weight is 499 g/mol. The lowest BCUT2D eigenvalue weighted by molar-refractivity contribution is -0.0434. The Morgan fingerprint density at radius 2 is 1.72 bits per heavy atom. The lowest BCUT2D eigenvalue weighted by Crippen LogP contribution is -2.65. The lowest BCUT2D eigenvalue weighted by atomic mass is 9.98. The van der Waals surface area contributed by atoms with Gasteiger partial charge in [0.05, 0.1) is 0 Å². The maximum Gasteiger partial charge on any atom is 0.357 e. The Morgan fingerprint density at radius 3 is 2.25 bits per heavy atom. The molecule has 0 spiro atoms. The average Bonchev–Trinajstić information content (AvgIpc) is 3.41. The van der Waals surface area contributed by atoms with Crippen molar-refractivity contribution in [1.29, 1.82) is 0 Å². The number of nitrogens with zero attached hydrogens (tertiary/aromatic N) is 2. The number of pyridine rings is 1. The van der Waals surface area contributed by atoms with E-state index >= 15 is 0 Å². The highest BCUT2D eigenvalue weighted by Gasteiger charge is 2.50. The van der Waals surface area contributed by atoms with E-state index in [9.17, 15) is 9.59 Å². The number of benzene rings is 2. The van der Waals surface area contributed by atoms with E-state index in [1.807, 2.05) is 60.7 Å². The van der Waals surface area contributed by atoms with Gasteiger partial charge in [0.1, 0.15) is 17.5 Å². The molecule has 1 aliphatic heterocycles. The Morgan fingerprint density at radius 1 is 1.11 bits per heavy atom. The number of ether oxygens (including phenoxy) is 1. The van der Waals surface area contributed by atoms with Crippen molar-refractivity contribution in [3.8, 4) is 12.3 Å². The normalized spacial score (nSPS) is 16.4. The van der Waals surface area contributed by atoms with Gasteiger partial charge in [-0.15, -0.1) is 6.42 Å². The first-order valence-corrected chi connectivity index (χ1v) is 13.9. The largest absolute Gasteiger partial charge is 0.454 e. The van der Waals surface area contributed by atoms with Crippen LogP contribution in [0.1, 0.15) is 43.6 Å². The van der Waals surface area contributed by atoms with E-state index in [0.29, 0.717) is 25.0 Å². The maximum absolute atomic E-state index is 12.9. The SMILES string of the molecule is C#CC1=NO[C@H]([C@@H](CCC(C)(C)[Si](O)(c2ccccc2)c2ccccc2)OC(=O)c2ccccn2)C1. The van der Waals surface area contributed by atoms with Gasteiger partial charge in [0, 0.05) is 12.6 Å². The third-order valence-electron chi connectivity index (χ3n) is 6.82. The number of terminal acetylenes is 1. The van der Waals surface area contributed by atoms with Crippen molar-refractivity contribution in [3.63, 3.8) is 0 Å². The van der Waals surface area contributed by atoms with Crippen molar-refractivity contribution in [3.05, 3.63) is 90.8 Å². The molecule has 0 radical (unpaired) electrons. The van der Waals surface area contributed by atoms with Gasteiger partial charge in [-0.1, -0.05) is 91.7 Å². The summed E-state index contributed by atoms with van der Waals surface area (Å²) in [6, 6.07) is 24.8. The summed E-state index contributed by atoms with van der Waals surface area (Å²) < 4.78 is 5.90. The molecule has 0 saturated carbocycles. The summed E-state index contributed by atoms with van der Waals surface area (Å²) in [6.07, 6.45) is 7.37. The molecule has 36 heavy (non-hydrogen) atoms. The summed E-state index contributed by atoms with van der Waals surface area (Å²) in [7, 11) is -3.21. The highest BCUT2D eigenvalue weighted by molar-refractivity contribution is 6.98. The quantitative estimate of drug-likeness (QED) is 0.276. The van der Waals surface area contributed by atoms with Crippen LogP contribution in [-0.2, 0) is 9.57 Å². The van der Waals surface area contributed by atoms with Crippen molar-refractivity contribution in [2.24, 2.45) is 5.16 Å². The minimum atomic E-state index is -3.21. The van der Waals surface area contributed by atoms with Gasteiger partial charge in [-0.2, -0.15) is 0 Å². The number of carbonyl (C=O) groups excluding carboxylic acids is 1. The first kappa shape index (κ1) is 25.4.